The second-order valence-corrected chi connectivity index (χ2v) is 4.97. The summed E-state index contributed by atoms with van der Waals surface area (Å²) >= 11 is 0. The second-order valence-electron chi connectivity index (χ2n) is 4.97. The number of Topliss-reactive ketones (excluding diaryl/α,β-unsaturated/α-hetero) is 1. The first kappa shape index (κ1) is 14.0. The van der Waals surface area contributed by atoms with Crippen molar-refractivity contribution in [1.82, 2.24) is 0 Å². The summed E-state index contributed by atoms with van der Waals surface area (Å²) in [6.45, 7) is 0. The molecule has 0 amide bonds. The maximum Gasteiger partial charge on any atom is 0.202 e. The van der Waals surface area contributed by atoms with E-state index in [0.29, 0.717) is 0 Å². The highest BCUT2D eigenvalue weighted by atomic mass is 16.5. The van der Waals surface area contributed by atoms with Crippen LogP contribution >= 0.6 is 0 Å². The van der Waals surface area contributed by atoms with E-state index in [4.69, 9.17) is 4.74 Å². The fraction of sp³-hybridized carbons (Fsp3) is 0.133. The Morgan fingerprint density at radius 1 is 0.864 bits per heavy atom. The molecule has 0 aromatic heterocycles. The van der Waals surface area contributed by atoms with Gasteiger partial charge >= 0.3 is 0 Å². The summed E-state index contributed by atoms with van der Waals surface area (Å²) < 4.78 is 5.46. The van der Waals surface area contributed by atoms with Crippen LogP contribution in [0.3, 0.4) is 0 Å². The van der Waals surface area contributed by atoms with Gasteiger partial charge in [-0.2, -0.15) is 0 Å². The third-order valence-electron chi connectivity index (χ3n) is 3.38. The summed E-state index contributed by atoms with van der Waals surface area (Å²) in [6, 6.07) is 5.65. The zero-order valence-electron chi connectivity index (χ0n) is 11.1. The molecule has 0 bridgehead atoms. The van der Waals surface area contributed by atoms with Crippen LogP contribution in [0.5, 0.6) is 28.7 Å². The van der Waals surface area contributed by atoms with Gasteiger partial charge in [-0.05, 0) is 12.1 Å². The highest BCUT2D eigenvalue weighted by molar-refractivity contribution is 6.05. The summed E-state index contributed by atoms with van der Waals surface area (Å²) in [4.78, 5) is 12.2. The van der Waals surface area contributed by atoms with Crippen LogP contribution in [-0.2, 0) is 0 Å². The lowest BCUT2D eigenvalue weighted by Gasteiger charge is -2.30. The molecule has 0 fully saturated rings. The molecule has 2 aromatic rings. The molecule has 1 heterocycles. The molecule has 0 saturated carbocycles. The molecule has 3 rings (SSSR count). The van der Waals surface area contributed by atoms with Crippen molar-refractivity contribution in [3.05, 3.63) is 41.5 Å². The number of rotatable bonds is 1. The fourth-order valence-electron chi connectivity index (χ4n) is 2.45. The Bertz CT molecular complexity index is 748. The van der Waals surface area contributed by atoms with E-state index in [2.05, 4.69) is 0 Å². The molecule has 5 N–H and O–H groups in total. The number of benzene rings is 2. The summed E-state index contributed by atoms with van der Waals surface area (Å²) in [5.41, 5.74) is -0.0576. The number of aromatic hydroxyl groups is 4. The van der Waals surface area contributed by atoms with E-state index < -0.39 is 23.7 Å². The lowest BCUT2D eigenvalue weighted by molar-refractivity contribution is 0.0209. The molecule has 114 valence electrons. The van der Waals surface area contributed by atoms with Crippen LogP contribution in [0.4, 0.5) is 0 Å². The van der Waals surface area contributed by atoms with Crippen molar-refractivity contribution >= 4 is 5.78 Å². The number of aliphatic hydroxyl groups excluding tert-OH is 1. The van der Waals surface area contributed by atoms with Crippen molar-refractivity contribution in [2.45, 2.75) is 12.2 Å². The van der Waals surface area contributed by atoms with Gasteiger partial charge in [-0.15, -0.1) is 0 Å². The average molecular weight is 304 g/mol. The van der Waals surface area contributed by atoms with Gasteiger partial charge in [0.25, 0.3) is 0 Å². The molecule has 0 unspecified atom stereocenters. The first-order chi connectivity index (χ1) is 10.4. The number of phenols is 4. The van der Waals surface area contributed by atoms with Crippen LogP contribution in [0, 0.1) is 0 Å². The summed E-state index contributed by atoms with van der Waals surface area (Å²) in [7, 11) is 0. The average Bonchev–Trinajstić information content (AvgIpc) is 2.40. The van der Waals surface area contributed by atoms with Gasteiger partial charge in [-0.3, -0.25) is 4.79 Å². The molecule has 0 radical (unpaired) electrons. The van der Waals surface area contributed by atoms with Crippen LogP contribution in [0.2, 0.25) is 0 Å². The van der Waals surface area contributed by atoms with Crippen molar-refractivity contribution in [2.24, 2.45) is 0 Å². The third-order valence-corrected chi connectivity index (χ3v) is 3.38. The van der Waals surface area contributed by atoms with Crippen LogP contribution in [-0.4, -0.2) is 37.4 Å². The summed E-state index contributed by atoms with van der Waals surface area (Å²) in [6.07, 6.45) is -2.83. The Hall–Kier alpha value is -2.93. The van der Waals surface area contributed by atoms with Gasteiger partial charge in [0.15, 0.2) is 12.2 Å². The van der Waals surface area contributed by atoms with Crippen LogP contribution < -0.4 is 4.74 Å². The van der Waals surface area contributed by atoms with Gasteiger partial charge in [0, 0.05) is 23.8 Å². The van der Waals surface area contributed by atoms with Crippen molar-refractivity contribution in [2.75, 3.05) is 0 Å². The number of aliphatic hydroxyl groups is 1. The van der Waals surface area contributed by atoms with Crippen molar-refractivity contribution in [3.63, 3.8) is 0 Å². The Labute approximate surface area is 124 Å². The first-order valence-corrected chi connectivity index (χ1v) is 6.34. The van der Waals surface area contributed by atoms with Gasteiger partial charge in [-0.25, -0.2) is 0 Å². The minimum atomic E-state index is -1.64. The Kier molecular flexibility index (Phi) is 3.07. The smallest absolute Gasteiger partial charge is 0.202 e. The molecular weight excluding hydrogens is 292 g/mol. The maximum atomic E-state index is 12.2. The predicted molar refractivity (Wildman–Crippen MR) is 73.2 cm³/mol. The van der Waals surface area contributed by atoms with E-state index in [1.165, 1.54) is 12.1 Å². The SMILES string of the molecule is O=C1c2c(O)cc(O)cc2O[C@@H](c2cc(O)cc(O)c2)[C@H]1O. The van der Waals surface area contributed by atoms with Crippen molar-refractivity contribution in [3.8, 4) is 28.7 Å². The highest BCUT2D eigenvalue weighted by Gasteiger charge is 2.39. The largest absolute Gasteiger partial charge is 0.508 e. The normalized spacial score (nSPS) is 20.3. The lowest BCUT2D eigenvalue weighted by atomic mass is 9.92. The van der Waals surface area contributed by atoms with E-state index in [1.807, 2.05) is 0 Å². The van der Waals surface area contributed by atoms with E-state index in [-0.39, 0.29) is 34.1 Å². The van der Waals surface area contributed by atoms with Crippen molar-refractivity contribution in [1.29, 1.82) is 0 Å². The Morgan fingerprint density at radius 2 is 1.45 bits per heavy atom. The number of carbonyl (C=O) groups is 1. The van der Waals surface area contributed by atoms with Gasteiger partial charge in [0.1, 0.15) is 34.3 Å². The fourth-order valence-corrected chi connectivity index (χ4v) is 2.45. The third kappa shape index (κ3) is 2.17. The standard InChI is InChI=1S/C15H12O7/c16-7-1-6(2-8(17)3-7)15-14(21)13(20)12-10(19)4-9(18)5-11(12)22-15/h1-5,14-19,21H/t14-,15-/m0/s1. The van der Waals surface area contributed by atoms with Gasteiger partial charge < -0.3 is 30.3 Å². The molecule has 0 spiro atoms. The van der Waals surface area contributed by atoms with Gasteiger partial charge in [0.05, 0.1) is 0 Å². The van der Waals surface area contributed by atoms with Crippen LogP contribution in [0.15, 0.2) is 30.3 Å². The number of ketones is 1. The Balaban J connectivity index is 2.10. The molecule has 0 aliphatic carbocycles. The number of fused-ring (bicyclic) bond motifs is 1. The number of ether oxygens (including phenoxy) is 1. The van der Waals surface area contributed by atoms with Crippen LogP contribution in [0.25, 0.3) is 0 Å². The number of carbonyl (C=O) groups excluding carboxylic acids is 1. The lowest BCUT2D eigenvalue weighted by Crippen LogP contribution is -2.36. The number of phenolic OH excluding ortho intramolecular Hbond substituents is 4. The molecule has 7 heteroatoms. The summed E-state index contributed by atoms with van der Waals surface area (Å²) in [5.74, 6) is -2.22. The minimum Gasteiger partial charge on any atom is -0.508 e. The maximum absolute atomic E-state index is 12.2. The number of hydrogen-bond acceptors (Lipinski definition) is 7. The molecule has 22 heavy (non-hydrogen) atoms. The van der Waals surface area contributed by atoms with Crippen molar-refractivity contribution < 1.29 is 35.1 Å². The zero-order valence-corrected chi connectivity index (χ0v) is 11.1. The number of hydrogen-bond donors (Lipinski definition) is 5. The molecule has 7 nitrogen and oxygen atoms in total. The molecule has 2 aromatic carbocycles. The Morgan fingerprint density at radius 3 is 2.09 bits per heavy atom. The quantitative estimate of drug-likeness (QED) is 0.535. The monoisotopic (exact) mass is 304 g/mol. The summed E-state index contributed by atoms with van der Waals surface area (Å²) in [5, 5.41) is 48.3. The molecule has 0 saturated heterocycles. The first-order valence-electron chi connectivity index (χ1n) is 6.34. The van der Waals surface area contributed by atoms with E-state index in [1.54, 1.807) is 0 Å². The zero-order chi connectivity index (χ0) is 16.0. The highest BCUT2D eigenvalue weighted by Crippen LogP contribution is 2.42. The van der Waals surface area contributed by atoms with E-state index in [9.17, 15) is 30.3 Å². The van der Waals surface area contributed by atoms with E-state index in [0.717, 1.165) is 18.2 Å². The van der Waals surface area contributed by atoms with E-state index >= 15 is 0 Å². The minimum absolute atomic E-state index is 0.0966. The molecule has 2 atom stereocenters. The predicted octanol–water partition coefficient (Wildman–Crippen LogP) is 1.19. The van der Waals surface area contributed by atoms with Crippen LogP contribution in [0.1, 0.15) is 22.0 Å². The second kappa shape index (κ2) is 4.81. The van der Waals surface area contributed by atoms with Gasteiger partial charge in [0.2, 0.25) is 5.78 Å². The topological polar surface area (TPSA) is 127 Å². The molecule has 1 aliphatic heterocycles. The molecule has 1 aliphatic rings. The van der Waals surface area contributed by atoms with Gasteiger partial charge in [-0.1, -0.05) is 0 Å². The molecular formula is C15H12O7.